The summed E-state index contributed by atoms with van der Waals surface area (Å²) in [4.78, 5) is 15.6. The van der Waals surface area contributed by atoms with Gasteiger partial charge in [0, 0.05) is 18.0 Å². The molecule has 2 aromatic rings. The summed E-state index contributed by atoms with van der Waals surface area (Å²) in [7, 11) is -4.46. The van der Waals surface area contributed by atoms with E-state index >= 15 is 0 Å². The van der Waals surface area contributed by atoms with Gasteiger partial charge in [0.15, 0.2) is 15.6 Å². The number of rotatable bonds is 4. The third-order valence-corrected chi connectivity index (χ3v) is 6.74. The Balaban J connectivity index is 1.65. The summed E-state index contributed by atoms with van der Waals surface area (Å²) in [5.41, 5.74) is -0.0211. The van der Waals surface area contributed by atoms with Gasteiger partial charge in [0.05, 0.1) is 17.9 Å². The number of ketones is 1. The Morgan fingerprint density at radius 3 is 2.60 bits per heavy atom. The first-order valence-electron chi connectivity index (χ1n) is 8.89. The molecule has 0 unspecified atom stereocenters. The molecule has 4 rings (SSSR count). The Kier molecular flexibility index (Phi) is 4.75. The van der Waals surface area contributed by atoms with Crippen molar-refractivity contribution >= 4 is 15.6 Å². The molecule has 2 aliphatic rings. The number of carbonyl (C=O) groups is 1. The highest BCUT2D eigenvalue weighted by atomic mass is 32.2. The maximum Gasteiger partial charge on any atom is 0.573 e. The molecule has 0 bridgehead atoms. The smallest absolute Gasteiger partial charge is 0.477 e. The normalized spacial score (nSPS) is 17.8. The van der Waals surface area contributed by atoms with E-state index < -0.39 is 38.4 Å². The average molecular weight is 445 g/mol. The molecule has 6 nitrogen and oxygen atoms in total. The zero-order valence-electron chi connectivity index (χ0n) is 15.3. The van der Waals surface area contributed by atoms with Gasteiger partial charge in [-0.2, -0.15) is 0 Å². The van der Waals surface area contributed by atoms with Crippen LogP contribution < -0.4 is 9.47 Å². The minimum Gasteiger partial charge on any atom is -0.477 e. The number of hydrogen-bond donors (Lipinski definition) is 0. The van der Waals surface area contributed by atoms with E-state index in [0.717, 1.165) is 19.0 Å². The van der Waals surface area contributed by atoms with Crippen LogP contribution in [0, 0.1) is 11.2 Å². The summed E-state index contributed by atoms with van der Waals surface area (Å²) in [6, 6.07) is 3.01. The van der Waals surface area contributed by atoms with Gasteiger partial charge in [-0.3, -0.25) is 4.79 Å². The summed E-state index contributed by atoms with van der Waals surface area (Å²) in [5.74, 6) is -3.03. The zero-order valence-corrected chi connectivity index (χ0v) is 16.1. The average Bonchev–Trinajstić information content (AvgIpc) is 3.41. The third-order valence-electron chi connectivity index (χ3n) is 5.04. The fraction of sp³-hybridized carbons (Fsp3) is 0.368. The Morgan fingerprint density at radius 1 is 1.20 bits per heavy atom. The molecule has 0 atom stereocenters. The number of pyridine rings is 1. The number of hydrogen-bond acceptors (Lipinski definition) is 6. The van der Waals surface area contributed by atoms with Crippen LogP contribution in [0.15, 0.2) is 35.4 Å². The van der Waals surface area contributed by atoms with Crippen LogP contribution in [0.1, 0.15) is 35.2 Å². The number of fused-ring (bicyclic) bond motifs is 1. The highest BCUT2D eigenvalue weighted by Crippen LogP contribution is 2.51. The van der Waals surface area contributed by atoms with E-state index in [4.69, 9.17) is 4.74 Å². The number of benzene rings is 1. The second kappa shape index (κ2) is 6.93. The van der Waals surface area contributed by atoms with Crippen LogP contribution in [-0.4, -0.2) is 32.2 Å². The minimum atomic E-state index is -5.16. The molecule has 1 aliphatic heterocycles. The summed E-state index contributed by atoms with van der Waals surface area (Å²) in [5, 5.41) is 0. The predicted molar refractivity (Wildman–Crippen MR) is 94.3 cm³/mol. The van der Waals surface area contributed by atoms with Gasteiger partial charge in [0.2, 0.25) is 5.88 Å². The van der Waals surface area contributed by atoms with Gasteiger partial charge in [0.25, 0.3) is 0 Å². The summed E-state index contributed by atoms with van der Waals surface area (Å²) >= 11 is 0. The predicted octanol–water partition coefficient (Wildman–Crippen LogP) is 3.84. The lowest BCUT2D eigenvalue weighted by Crippen LogP contribution is -2.19. The zero-order chi connectivity index (χ0) is 21.7. The van der Waals surface area contributed by atoms with Crippen molar-refractivity contribution in [2.75, 3.05) is 6.61 Å². The van der Waals surface area contributed by atoms with Gasteiger partial charge in [-0.15, -0.1) is 13.2 Å². The van der Waals surface area contributed by atoms with E-state index in [0.29, 0.717) is 24.8 Å². The quantitative estimate of drug-likeness (QED) is 0.666. The van der Waals surface area contributed by atoms with E-state index in [-0.39, 0.29) is 34.6 Å². The van der Waals surface area contributed by atoms with Crippen LogP contribution in [0.25, 0.3) is 0 Å². The van der Waals surface area contributed by atoms with Crippen molar-refractivity contribution in [3.05, 3.63) is 47.4 Å². The number of carbonyl (C=O) groups excluding carboxylic acids is 1. The third kappa shape index (κ3) is 4.25. The lowest BCUT2D eigenvalue weighted by atomic mass is 9.98. The Hall–Kier alpha value is -2.69. The van der Waals surface area contributed by atoms with Gasteiger partial charge in [-0.05, 0) is 42.7 Å². The summed E-state index contributed by atoms with van der Waals surface area (Å²) in [6.45, 7) is 0.345. The van der Waals surface area contributed by atoms with Gasteiger partial charge in [-0.25, -0.2) is 17.8 Å². The van der Waals surface area contributed by atoms with E-state index in [1.165, 1.54) is 6.07 Å². The van der Waals surface area contributed by atoms with Gasteiger partial charge in [0.1, 0.15) is 16.5 Å². The molecule has 11 heteroatoms. The van der Waals surface area contributed by atoms with Crippen molar-refractivity contribution in [3.63, 3.8) is 0 Å². The lowest BCUT2D eigenvalue weighted by Gasteiger charge is -2.14. The Labute approximate surface area is 168 Å². The standard InChI is InChI=1S/C19H15F4NO5S/c20-12-1-2-15(29-19(21,22)23)16(6-12)30(26,27)9-11-5-13-14(25)7-18(3-4-18)10-28-17(13)24-8-11/h1-2,5-6,8H,3-4,7,9-10H2. The first-order chi connectivity index (χ1) is 14.0. The van der Waals surface area contributed by atoms with E-state index in [9.17, 15) is 30.8 Å². The van der Waals surface area contributed by atoms with E-state index in [2.05, 4.69) is 9.72 Å². The number of Topliss-reactive ketones (excluding diaryl/α,β-unsaturated/α-hetero) is 1. The molecule has 1 fully saturated rings. The summed E-state index contributed by atoms with van der Waals surface area (Å²) < 4.78 is 86.2. The molecule has 1 spiro atoms. The van der Waals surface area contributed by atoms with Gasteiger partial charge < -0.3 is 9.47 Å². The monoisotopic (exact) mass is 445 g/mol. The highest BCUT2D eigenvalue weighted by molar-refractivity contribution is 7.90. The van der Waals surface area contributed by atoms with Crippen LogP contribution in [0.3, 0.4) is 0 Å². The molecule has 30 heavy (non-hydrogen) atoms. The first-order valence-corrected chi connectivity index (χ1v) is 10.5. The van der Waals surface area contributed by atoms with E-state index in [1.807, 2.05) is 0 Å². The van der Waals surface area contributed by atoms with Crippen molar-refractivity contribution < 1.29 is 40.2 Å². The number of alkyl halides is 3. The molecular formula is C19H15F4NO5S. The molecule has 0 saturated heterocycles. The topological polar surface area (TPSA) is 82.6 Å². The van der Waals surface area contributed by atoms with Crippen molar-refractivity contribution in [2.24, 2.45) is 5.41 Å². The second-order valence-electron chi connectivity index (χ2n) is 7.48. The fourth-order valence-electron chi connectivity index (χ4n) is 3.33. The van der Waals surface area contributed by atoms with Crippen LogP contribution in [0.5, 0.6) is 11.6 Å². The molecular weight excluding hydrogens is 430 g/mol. The van der Waals surface area contributed by atoms with Crippen molar-refractivity contribution in [2.45, 2.75) is 36.3 Å². The SMILES string of the molecule is O=C1CC2(CC2)COc2ncc(CS(=O)(=O)c3cc(F)ccc3OC(F)(F)F)cc21. The number of sulfone groups is 1. The minimum absolute atomic E-state index is 0.0552. The lowest BCUT2D eigenvalue weighted by molar-refractivity contribution is -0.275. The molecule has 0 amide bonds. The summed E-state index contributed by atoms with van der Waals surface area (Å²) in [6.07, 6.45) is -2.02. The van der Waals surface area contributed by atoms with E-state index in [1.54, 1.807) is 0 Å². The van der Waals surface area contributed by atoms with Crippen LogP contribution in [0.2, 0.25) is 0 Å². The maximum absolute atomic E-state index is 13.6. The van der Waals surface area contributed by atoms with Crippen molar-refractivity contribution in [1.82, 2.24) is 4.98 Å². The van der Waals surface area contributed by atoms with Crippen molar-refractivity contribution in [3.8, 4) is 11.6 Å². The number of nitrogens with zero attached hydrogens (tertiary/aromatic N) is 1. The second-order valence-corrected chi connectivity index (χ2v) is 9.44. The highest BCUT2D eigenvalue weighted by Gasteiger charge is 2.47. The van der Waals surface area contributed by atoms with Crippen molar-refractivity contribution in [1.29, 1.82) is 0 Å². The Bertz CT molecular complexity index is 1130. The first kappa shape index (κ1) is 20.6. The molecule has 1 aromatic carbocycles. The molecule has 2 heterocycles. The molecule has 0 radical (unpaired) electrons. The molecule has 1 saturated carbocycles. The largest absolute Gasteiger partial charge is 0.573 e. The number of aromatic nitrogens is 1. The number of ether oxygens (including phenoxy) is 2. The molecule has 1 aromatic heterocycles. The van der Waals surface area contributed by atoms with Crippen LogP contribution in [-0.2, 0) is 15.6 Å². The maximum atomic E-state index is 13.6. The molecule has 160 valence electrons. The fourth-order valence-corrected chi connectivity index (χ4v) is 4.79. The van der Waals surface area contributed by atoms with Crippen LogP contribution in [0.4, 0.5) is 17.6 Å². The van der Waals surface area contributed by atoms with Gasteiger partial charge in [-0.1, -0.05) is 0 Å². The Morgan fingerprint density at radius 2 is 1.93 bits per heavy atom. The number of halogens is 4. The van der Waals surface area contributed by atoms with Crippen LogP contribution >= 0.6 is 0 Å². The van der Waals surface area contributed by atoms with Gasteiger partial charge >= 0.3 is 6.36 Å². The molecule has 0 N–H and O–H groups in total. The molecule has 1 aliphatic carbocycles.